The highest BCUT2D eigenvalue weighted by molar-refractivity contribution is 6.06. The second-order valence-electron chi connectivity index (χ2n) is 5.31. The lowest BCUT2D eigenvalue weighted by molar-refractivity contribution is -0.150. The van der Waals surface area contributed by atoms with Crippen LogP contribution in [0.4, 0.5) is 0 Å². The van der Waals surface area contributed by atoms with Gasteiger partial charge in [-0.15, -0.1) is 0 Å². The summed E-state index contributed by atoms with van der Waals surface area (Å²) >= 11 is 0. The van der Waals surface area contributed by atoms with Crippen molar-refractivity contribution < 1.29 is 9.22 Å². The fourth-order valence-electron chi connectivity index (χ4n) is 3.17. The molecule has 0 aromatic heterocycles. The van der Waals surface area contributed by atoms with Crippen LogP contribution in [0.1, 0.15) is 79.1 Å². The molecule has 3 heteroatoms. The summed E-state index contributed by atoms with van der Waals surface area (Å²) in [4.78, 5) is 12.2. The Kier molecular flexibility index (Phi) is 9.43. The van der Waals surface area contributed by atoms with Gasteiger partial charge in [-0.25, -0.2) is 0 Å². The minimum absolute atomic E-state index is 0.0570. The summed E-state index contributed by atoms with van der Waals surface area (Å²) < 4.78 is 5.21. The summed E-state index contributed by atoms with van der Waals surface area (Å²) in [6.07, 6.45) is 9.22. The van der Waals surface area contributed by atoms with E-state index in [1.54, 1.807) is 0 Å². The zero-order valence-electron chi connectivity index (χ0n) is 13.1. The maximum Gasteiger partial charge on any atom is 0.298 e. The van der Waals surface area contributed by atoms with Crippen molar-refractivity contribution in [2.75, 3.05) is 0 Å². The minimum atomic E-state index is -0.220. The summed E-state index contributed by atoms with van der Waals surface area (Å²) in [5.41, 5.74) is -0.220. The van der Waals surface area contributed by atoms with E-state index in [-0.39, 0.29) is 11.4 Å². The molecule has 0 fully saturated rings. The first-order valence-electron chi connectivity index (χ1n) is 7.71. The van der Waals surface area contributed by atoms with Gasteiger partial charge in [-0.1, -0.05) is 59.8 Å². The molecule has 1 atom stereocenters. The lowest BCUT2D eigenvalue weighted by Gasteiger charge is -2.37. The van der Waals surface area contributed by atoms with Crippen molar-refractivity contribution in [1.29, 1.82) is 0 Å². The van der Waals surface area contributed by atoms with Crippen LogP contribution < -0.4 is 0 Å². The molecule has 0 bridgehead atoms. The van der Waals surface area contributed by atoms with Crippen molar-refractivity contribution in [3.8, 4) is 0 Å². The van der Waals surface area contributed by atoms with Gasteiger partial charge in [0.25, 0.3) is 5.97 Å². The first-order chi connectivity index (χ1) is 8.62. The van der Waals surface area contributed by atoms with Crippen molar-refractivity contribution >= 4 is 16.5 Å². The number of carbonyl (C=O) groups is 1. The van der Waals surface area contributed by atoms with Crippen molar-refractivity contribution in [2.45, 2.75) is 79.1 Å². The van der Waals surface area contributed by atoms with Crippen molar-refractivity contribution in [3.63, 3.8) is 0 Å². The van der Waals surface area contributed by atoms with Crippen LogP contribution in [-0.2, 0) is 9.22 Å². The van der Waals surface area contributed by atoms with Crippen molar-refractivity contribution in [1.82, 2.24) is 0 Å². The molecule has 0 saturated heterocycles. The molecule has 0 spiro atoms. The molecule has 0 heterocycles. The molecule has 0 N–H and O–H groups in total. The molecule has 0 rings (SSSR count). The average molecular weight is 273 g/mol. The third-order valence-corrected chi connectivity index (χ3v) is 4.90. The third-order valence-electron chi connectivity index (χ3n) is 4.53. The fraction of sp³-hybridized carbons (Fsp3) is 0.933. The predicted molar refractivity (Wildman–Crippen MR) is 81.6 cm³/mol. The first-order valence-corrected chi connectivity index (χ1v) is 8.52. The van der Waals surface area contributed by atoms with E-state index in [4.69, 9.17) is 4.43 Å². The van der Waals surface area contributed by atoms with E-state index in [9.17, 15) is 4.79 Å². The molecule has 0 aromatic carbocycles. The third kappa shape index (κ3) is 4.41. The van der Waals surface area contributed by atoms with Gasteiger partial charge in [0.05, 0.1) is 5.41 Å². The number of unbranched alkanes of at least 4 members (excludes halogenated alkanes) is 3. The van der Waals surface area contributed by atoms with Crippen molar-refractivity contribution in [3.05, 3.63) is 0 Å². The van der Waals surface area contributed by atoms with Gasteiger partial charge in [0, 0.05) is 0 Å². The van der Waals surface area contributed by atoms with Crippen LogP contribution in [0.3, 0.4) is 0 Å². The second kappa shape index (κ2) is 9.60. The zero-order valence-corrected chi connectivity index (χ0v) is 15.1. The maximum atomic E-state index is 12.2. The van der Waals surface area contributed by atoms with Crippen LogP contribution in [0.5, 0.6) is 0 Å². The molecule has 0 aromatic rings. The molecule has 0 aliphatic rings. The van der Waals surface area contributed by atoms with Crippen LogP contribution in [0.2, 0.25) is 0 Å². The van der Waals surface area contributed by atoms with Crippen LogP contribution >= 0.6 is 0 Å². The Morgan fingerprint density at radius 2 is 1.72 bits per heavy atom. The molecule has 0 amide bonds. The van der Waals surface area contributed by atoms with Gasteiger partial charge in [-0.2, -0.15) is 0 Å². The molecular weight excluding hydrogens is 240 g/mol. The van der Waals surface area contributed by atoms with E-state index < -0.39 is 0 Å². The van der Waals surface area contributed by atoms with Gasteiger partial charge in [0.2, 0.25) is 10.5 Å². The van der Waals surface area contributed by atoms with E-state index >= 15 is 0 Å². The van der Waals surface area contributed by atoms with Gasteiger partial charge in [0.15, 0.2) is 0 Å². The van der Waals surface area contributed by atoms with E-state index in [0.29, 0.717) is 16.4 Å². The summed E-state index contributed by atoms with van der Waals surface area (Å²) in [5, 5.41) is 0. The van der Waals surface area contributed by atoms with Gasteiger partial charge in [0.1, 0.15) is 0 Å². The number of hydrogen-bond acceptors (Lipinski definition) is 2. The first kappa shape index (κ1) is 17.7. The predicted octanol–water partition coefficient (Wildman–Crippen LogP) is 3.61. The molecule has 1 unspecified atom stereocenters. The van der Waals surface area contributed by atoms with Crippen LogP contribution in [0.25, 0.3) is 0 Å². The van der Waals surface area contributed by atoms with Gasteiger partial charge in [-0.3, -0.25) is 4.79 Å². The topological polar surface area (TPSA) is 26.3 Å². The Hall–Kier alpha value is -0.313. The summed E-state index contributed by atoms with van der Waals surface area (Å²) in [5.74, 6) is 0.548. The maximum absolute atomic E-state index is 12.2. The quantitative estimate of drug-likeness (QED) is 0.448. The number of rotatable bonds is 10. The Morgan fingerprint density at radius 1 is 1.11 bits per heavy atom. The molecular formula is C15H32O2Si. The minimum Gasteiger partial charge on any atom is -0.528 e. The van der Waals surface area contributed by atoms with Crippen LogP contribution in [0.15, 0.2) is 0 Å². The van der Waals surface area contributed by atoms with Crippen LogP contribution in [0, 0.1) is 11.3 Å². The number of hydrogen-bond donors (Lipinski definition) is 0. The molecule has 0 aliphatic carbocycles. The van der Waals surface area contributed by atoms with E-state index in [0.717, 1.165) is 19.3 Å². The monoisotopic (exact) mass is 272 g/mol. The van der Waals surface area contributed by atoms with E-state index in [2.05, 4.69) is 27.7 Å². The molecule has 0 radical (unpaired) electrons. The lowest BCUT2D eigenvalue weighted by Crippen LogP contribution is -2.38. The molecule has 0 saturated carbocycles. The normalized spacial score (nSPS) is 13.6. The highest BCUT2D eigenvalue weighted by Crippen LogP contribution is 2.41. The summed E-state index contributed by atoms with van der Waals surface area (Å²) in [7, 11) is 0.518. The average Bonchev–Trinajstić information content (AvgIpc) is 2.42. The SMILES string of the molecule is CCCCCCC(CC)C(CC)(CC)C(=O)O[SiH3]. The Labute approximate surface area is 116 Å². The standard InChI is InChI=1S/C15H32O2Si/c1-5-9-10-11-12-13(6-2)15(7-3,8-4)14(16)17-18/h13H,5-12H2,1-4,18H3. The summed E-state index contributed by atoms with van der Waals surface area (Å²) in [6.45, 7) is 8.72. The van der Waals surface area contributed by atoms with Crippen molar-refractivity contribution in [2.24, 2.45) is 11.3 Å². The van der Waals surface area contributed by atoms with E-state index in [1.807, 2.05) is 0 Å². The van der Waals surface area contributed by atoms with Gasteiger partial charge < -0.3 is 4.43 Å². The van der Waals surface area contributed by atoms with Gasteiger partial charge in [-0.05, 0) is 25.2 Å². The van der Waals surface area contributed by atoms with E-state index in [1.165, 1.54) is 32.1 Å². The van der Waals surface area contributed by atoms with Gasteiger partial charge >= 0.3 is 0 Å². The molecule has 0 aliphatic heterocycles. The zero-order chi connectivity index (χ0) is 14.0. The molecule has 2 nitrogen and oxygen atoms in total. The second-order valence-corrected chi connectivity index (χ2v) is 5.72. The largest absolute Gasteiger partial charge is 0.528 e. The summed E-state index contributed by atoms with van der Waals surface area (Å²) in [6, 6.07) is 0. The fourth-order valence-corrected chi connectivity index (χ4v) is 3.58. The highest BCUT2D eigenvalue weighted by atomic mass is 28.2. The molecule has 18 heavy (non-hydrogen) atoms. The lowest BCUT2D eigenvalue weighted by atomic mass is 9.68. The Morgan fingerprint density at radius 3 is 2.11 bits per heavy atom. The number of carbonyl (C=O) groups excluding carboxylic acids is 1. The smallest absolute Gasteiger partial charge is 0.298 e. The Bertz CT molecular complexity index is 225. The highest BCUT2D eigenvalue weighted by Gasteiger charge is 2.41. The van der Waals surface area contributed by atoms with Crippen LogP contribution in [-0.4, -0.2) is 16.5 Å². The Balaban J connectivity index is 4.66. The molecule has 108 valence electrons.